The number of anilines is 1. The first kappa shape index (κ1) is 18.4. The molecule has 3 aromatic rings. The zero-order chi connectivity index (χ0) is 20.0. The third-order valence-corrected chi connectivity index (χ3v) is 6.89. The fourth-order valence-electron chi connectivity index (χ4n) is 3.87. The number of hydrogen-bond donors (Lipinski definition) is 1. The Balaban J connectivity index is 1.41. The van der Waals surface area contributed by atoms with Gasteiger partial charge < -0.3 is 15.0 Å². The Labute approximate surface area is 173 Å². The number of carbonyl (C=O) groups is 1. The molecule has 1 aliphatic carbocycles. The minimum Gasteiger partial charge on any atom is -0.497 e. The summed E-state index contributed by atoms with van der Waals surface area (Å²) in [5.41, 5.74) is 2.80. The minimum absolute atomic E-state index is 0.0514. The lowest BCUT2D eigenvalue weighted by atomic mass is 9.97. The van der Waals surface area contributed by atoms with Gasteiger partial charge in [0, 0.05) is 19.1 Å². The van der Waals surface area contributed by atoms with Gasteiger partial charge in [-0.2, -0.15) is 10.1 Å². The van der Waals surface area contributed by atoms with Crippen molar-refractivity contribution in [2.24, 2.45) is 5.92 Å². The molecule has 1 unspecified atom stereocenters. The average molecular weight is 412 g/mol. The van der Waals surface area contributed by atoms with E-state index in [-0.39, 0.29) is 11.8 Å². The summed E-state index contributed by atoms with van der Waals surface area (Å²) < 4.78 is 8.25. The molecule has 7 nitrogen and oxygen atoms in total. The summed E-state index contributed by atoms with van der Waals surface area (Å²) in [4.78, 5) is 19.7. The third kappa shape index (κ3) is 3.57. The molecule has 0 spiro atoms. The summed E-state index contributed by atoms with van der Waals surface area (Å²) in [5.74, 6) is 1.08. The molecule has 1 saturated heterocycles. The van der Waals surface area contributed by atoms with E-state index in [4.69, 9.17) is 9.72 Å². The number of methoxy groups -OCH3 is 1. The highest BCUT2D eigenvalue weighted by atomic mass is 32.1. The highest BCUT2D eigenvalue weighted by molar-refractivity contribution is 7.22. The predicted octanol–water partition coefficient (Wildman–Crippen LogP) is 3.29. The van der Waals surface area contributed by atoms with E-state index in [1.54, 1.807) is 18.4 Å². The van der Waals surface area contributed by atoms with Crippen molar-refractivity contribution in [1.82, 2.24) is 20.1 Å². The lowest BCUT2D eigenvalue weighted by Gasteiger charge is -2.31. The molecule has 0 bridgehead atoms. The maximum absolute atomic E-state index is 12.5. The molecule has 0 radical (unpaired) electrons. The van der Waals surface area contributed by atoms with Crippen molar-refractivity contribution in [1.29, 1.82) is 0 Å². The quantitative estimate of drug-likeness (QED) is 0.698. The van der Waals surface area contributed by atoms with Crippen LogP contribution < -0.4 is 15.0 Å². The number of amides is 1. The summed E-state index contributed by atoms with van der Waals surface area (Å²) in [6.45, 7) is 3.70. The van der Waals surface area contributed by atoms with E-state index in [2.05, 4.69) is 15.3 Å². The summed E-state index contributed by atoms with van der Waals surface area (Å²) in [6.07, 6.45) is 4.23. The molecular formula is C21H25N5O2S. The maximum Gasteiger partial charge on any atom is 0.225 e. The van der Waals surface area contributed by atoms with Crippen molar-refractivity contribution in [2.45, 2.75) is 38.6 Å². The first-order valence-electron chi connectivity index (χ1n) is 10.2. The molecule has 1 atom stereocenters. The number of benzene rings is 1. The standard InChI is InChI=1S/C21H25N5O2S/c1-13-18-19(26(24-13)16-7-9-17(28-2)10-8-16)23-21(29-18)25-11-3-4-14(12-25)20(27)22-15-5-6-15/h7-10,14-15H,3-6,11-12H2,1-2H3,(H,22,27). The van der Waals surface area contributed by atoms with Crippen LogP contribution in [-0.2, 0) is 4.79 Å². The number of hydrogen-bond acceptors (Lipinski definition) is 6. The lowest BCUT2D eigenvalue weighted by molar-refractivity contribution is -0.125. The fraction of sp³-hybridized carbons (Fsp3) is 0.476. The molecule has 2 aliphatic rings. The van der Waals surface area contributed by atoms with Crippen LogP contribution in [0.15, 0.2) is 24.3 Å². The van der Waals surface area contributed by atoms with Crippen LogP contribution in [0.25, 0.3) is 16.0 Å². The zero-order valence-electron chi connectivity index (χ0n) is 16.7. The van der Waals surface area contributed by atoms with Gasteiger partial charge in [0.2, 0.25) is 5.91 Å². The molecule has 1 amide bonds. The van der Waals surface area contributed by atoms with Crippen molar-refractivity contribution in [2.75, 3.05) is 25.1 Å². The van der Waals surface area contributed by atoms with Gasteiger partial charge in [-0.1, -0.05) is 11.3 Å². The van der Waals surface area contributed by atoms with E-state index in [9.17, 15) is 4.79 Å². The van der Waals surface area contributed by atoms with E-state index in [1.165, 1.54) is 0 Å². The van der Waals surface area contributed by atoms with Gasteiger partial charge in [0.25, 0.3) is 0 Å². The van der Waals surface area contributed by atoms with Gasteiger partial charge >= 0.3 is 0 Å². The SMILES string of the molecule is COc1ccc(-n2nc(C)c3sc(N4CCCC(C(=O)NC5CC5)C4)nc32)cc1. The number of rotatable bonds is 5. The second kappa shape index (κ2) is 7.33. The van der Waals surface area contributed by atoms with Crippen molar-refractivity contribution < 1.29 is 9.53 Å². The van der Waals surface area contributed by atoms with Crippen LogP contribution >= 0.6 is 11.3 Å². The first-order valence-corrected chi connectivity index (χ1v) is 11.0. The van der Waals surface area contributed by atoms with Gasteiger partial charge in [-0.15, -0.1) is 0 Å². The largest absolute Gasteiger partial charge is 0.497 e. The normalized spacial score (nSPS) is 19.5. The monoisotopic (exact) mass is 411 g/mol. The number of piperidine rings is 1. The maximum atomic E-state index is 12.5. The molecule has 1 N–H and O–H groups in total. The number of carbonyl (C=O) groups excluding carboxylic acids is 1. The molecule has 2 fully saturated rings. The average Bonchev–Trinajstić information content (AvgIpc) is 3.36. The predicted molar refractivity (Wildman–Crippen MR) is 114 cm³/mol. The highest BCUT2D eigenvalue weighted by Gasteiger charge is 2.31. The number of aromatic nitrogens is 3. The smallest absolute Gasteiger partial charge is 0.225 e. The van der Waals surface area contributed by atoms with Crippen molar-refractivity contribution >= 4 is 32.7 Å². The fourth-order valence-corrected chi connectivity index (χ4v) is 4.89. The Hall–Kier alpha value is -2.61. The Bertz CT molecular complexity index is 1040. The Morgan fingerprint density at radius 3 is 2.76 bits per heavy atom. The first-order chi connectivity index (χ1) is 14.1. The van der Waals surface area contributed by atoms with Crippen LogP contribution in [0.2, 0.25) is 0 Å². The molecule has 1 saturated carbocycles. The molecule has 1 aliphatic heterocycles. The topological polar surface area (TPSA) is 72.3 Å². The van der Waals surface area contributed by atoms with Crippen LogP contribution in [0, 0.1) is 12.8 Å². The number of nitrogens with zero attached hydrogens (tertiary/aromatic N) is 4. The molecule has 1 aromatic carbocycles. The number of ether oxygens (including phenoxy) is 1. The molecular weight excluding hydrogens is 386 g/mol. The van der Waals surface area contributed by atoms with Gasteiger partial charge in [-0.05, 0) is 56.9 Å². The van der Waals surface area contributed by atoms with Gasteiger partial charge in [0.1, 0.15) is 5.75 Å². The van der Waals surface area contributed by atoms with Crippen molar-refractivity contribution in [3.63, 3.8) is 0 Å². The summed E-state index contributed by atoms with van der Waals surface area (Å²) in [5, 5.41) is 8.82. The van der Waals surface area contributed by atoms with Gasteiger partial charge in [0.15, 0.2) is 10.8 Å². The molecule has 152 valence electrons. The Morgan fingerprint density at radius 1 is 1.24 bits per heavy atom. The van der Waals surface area contributed by atoms with Gasteiger partial charge in [-0.25, -0.2) is 4.68 Å². The summed E-state index contributed by atoms with van der Waals surface area (Å²) in [7, 11) is 1.66. The number of fused-ring (bicyclic) bond motifs is 1. The van der Waals surface area contributed by atoms with E-state index in [0.29, 0.717) is 6.04 Å². The second-order valence-electron chi connectivity index (χ2n) is 7.91. The van der Waals surface area contributed by atoms with Crippen molar-refractivity contribution in [3.8, 4) is 11.4 Å². The van der Waals surface area contributed by atoms with E-state index in [0.717, 1.165) is 71.4 Å². The molecule has 8 heteroatoms. The molecule has 29 heavy (non-hydrogen) atoms. The van der Waals surface area contributed by atoms with Crippen LogP contribution in [-0.4, -0.2) is 46.9 Å². The second-order valence-corrected chi connectivity index (χ2v) is 8.89. The highest BCUT2D eigenvalue weighted by Crippen LogP contribution is 2.35. The number of thiazole rings is 1. The number of aryl methyl sites for hydroxylation is 1. The van der Waals surface area contributed by atoms with Gasteiger partial charge in [-0.3, -0.25) is 4.79 Å². The van der Waals surface area contributed by atoms with Crippen LogP contribution in [0.4, 0.5) is 5.13 Å². The Morgan fingerprint density at radius 2 is 2.03 bits per heavy atom. The van der Waals surface area contributed by atoms with E-state index < -0.39 is 0 Å². The molecule has 2 aromatic heterocycles. The van der Waals surface area contributed by atoms with Gasteiger partial charge in [0.05, 0.1) is 29.1 Å². The zero-order valence-corrected chi connectivity index (χ0v) is 17.5. The van der Waals surface area contributed by atoms with E-state index >= 15 is 0 Å². The van der Waals surface area contributed by atoms with Crippen molar-refractivity contribution in [3.05, 3.63) is 30.0 Å². The van der Waals surface area contributed by atoms with Crippen LogP contribution in [0.1, 0.15) is 31.4 Å². The van der Waals surface area contributed by atoms with Crippen LogP contribution in [0.5, 0.6) is 5.75 Å². The van der Waals surface area contributed by atoms with Crippen LogP contribution in [0.3, 0.4) is 0 Å². The summed E-state index contributed by atoms with van der Waals surface area (Å²) >= 11 is 1.67. The summed E-state index contributed by atoms with van der Waals surface area (Å²) in [6, 6.07) is 8.25. The third-order valence-electron chi connectivity index (χ3n) is 5.68. The minimum atomic E-state index is 0.0514. The molecule has 5 rings (SSSR count). The lowest BCUT2D eigenvalue weighted by Crippen LogP contribution is -2.43. The molecule has 3 heterocycles. The van der Waals surface area contributed by atoms with E-state index in [1.807, 2.05) is 35.9 Å². The Kier molecular flexibility index (Phi) is 4.66. The number of nitrogens with one attached hydrogen (secondary N) is 1.